The van der Waals surface area contributed by atoms with E-state index >= 15 is 0 Å². The molecule has 2 heterocycles. The van der Waals surface area contributed by atoms with Gasteiger partial charge in [0.15, 0.2) is 0 Å². The minimum absolute atomic E-state index is 0.210. The van der Waals surface area contributed by atoms with Crippen molar-refractivity contribution in [1.29, 1.82) is 0 Å². The molecule has 2 aromatic heterocycles. The van der Waals surface area contributed by atoms with Crippen molar-refractivity contribution in [1.82, 2.24) is 10.2 Å². The van der Waals surface area contributed by atoms with E-state index in [-0.39, 0.29) is 6.61 Å². The Morgan fingerprint density at radius 1 is 1.15 bits per heavy atom. The molecule has 0 radical (unpaired) electrons. The van der Waals surface area contributed by atoms with Gasteiger partial charge in [0.1, 0.15) is 17.9 Å². The monoisotopic (exact) mass is 368 g/mol. The maximum Gasteiger partial charge on any atom is 0.336 e. The number of aryl methyl sites for hydroxylation is 1. The minimum Gasteiger partial charge on any atom is -0.489 e. The SMILES string of the molecule is Cc1cc2oc(=O)cc(COc3ccc(-c4nnco4)cc3)c2cc1Cl. The molecule has 0 saturated heterocycles. The number of halogens is 1. The molecule has 26 heavy (non-hydrogen) atoms. The zero-order valence-electron chi connectivity index (χ0n) is 13.7. The van der Waals surface area contributed by atoms with Gasteiger partial charge in [-0.2, -0.15) is 0 Å². The molecule has 0 aliphatic carbocycles. The highest BCUT2D eigenvalue weighted by Crippen LogP contribution is 2.26. The Labute approximate surface area is 153 Å². The molecule has 0 N–H and O–H groups in total. The highest BCUT2D eigenvalue weighted by atomic mass is 35.5. The number of fused-ring (bicyclic) bond motifs is 1. The van der Waals surface area contributed by atoms with Crippen molar-refractivity contribution < 1.29 is 13.6 Å². The molecule has 0 saturated carbocycles. The first-order valence-corrected chi connectivity index (χ1v) is 8.20. The van der Waals surface area contributed by atoms with Crippen LogP contribution in [0.4, 0.5) is 0 Å². The van der Waals surface area contributed by atoms with Gasteiger partial charge < -0.3 is 13.6 Å². The maximum absolute atomic E-state index is 11.8. The number of ether oxygens (including phenoxy) is 1. The van der Waals surface area contributed by atoms with Crippen molar-refractivity contribution >= 4 is 22.6 Å². The van der Waals surface area contributed by atoms with E-state index in [2.05, 4.69) is 10.2 Å². The van der Waals surface area contributed by atoms with E-state index in [0.717, 1.165) is 16.5 Å². The molecule has 0 atom stereocenters. The molecule has 0 aliphatic heterocycles. The summed E-state index contributed by atoms with van der Waals surface area (Å²) in [6.07, 6.45) is 1.28. The molecule has 0 fully saturated rings. The second-order valence-corrected chi connectivity index (χ2v) is 6.15. The summed E-state index contributed by atoms with van der Waals surface area (Å²) in [7, 11) is 0. The van der Waals surface area contributed by atoms with Crippen LogP contribution in [0.2, 0.25) is 5.02 Å². The molecule has 0 bridgehead atoms. The Hall–Kier alpha value is -3.12. The minimum atomic E-state index is -0.426. The second kappa shape index (κ2) is 6.65. The van der Waals surface area contributed by atoms with Crippen molar-refractivity contribution in [3.8, 4) is 17.2 Å². The molecule has 0 amide bonds. The summed E-state index contributed by atoms with van der Waals surface area (Å²) < 4.78 is 16.2. The Kier molecular flexibility index (Phi) is 4.18. The molecule has 0 unspecified atom stereocenters. The van der Waals surface area contributed by atoms with E-state index in [4.69, 9.17) is 25.2 Å². The van der Waals surface area contributed by atoms with Crippen molar-refractivity contribution in [3.63, 3.8) is 0 Å². The van der Waals surface area contributed by atoms with E-state index in [1.165, 1.54) is 12.5 Å². The Morgan fingerprint density at radius 3 is 2.69 bits per heavy atom. The lowest BCUT2D eigenvalue weighted by Crippen LogP contribution is -2.04. The van der Waals surface area contributed by atoms with Gasteiger partial charge in [-0.3, -0.25) is 0 Å². The zero-order valence-corrected chi connectivity index (χ0v) is 14.5. The third kappa shape index (κ3) is 3.19. The summed E-state index contributed by atoms with van der Waals surface area (Å²) in [6.45, 7) is 2.07. The molecule has 4 rings (SSSR count). The van der Waals surface area contributed by atoms with Crippen LogP contribution in [0.3, 0.4) is 0 Å². The fourth-order valence-electron chi connectivity index (χ4n) is 2.62. The molecular weight excluding hydrogens is 356 g/mol. The zero-order chi connectivity index (χ0) is 18.1. The van der Waals surface area contributed by atoms with Crippen molar-refractivity contribution in [3.05, 3.63) is 75.4 Å². The number of hydrogen-bond acceptors (Lipinski definition) is 6. The molecule has 2 aromatic carbocycles. The van der Waals surface area contributed by atoms with Crippen LogP contribution < -0.4 is 10.4 Å². The predicted molar refractivity (Wildman–Crippen MR) is 96.3 cm³/mol. The Morgan fingerprint density at radius 2 is 1.96 bits per heavy atom. The summed E-state index contributed by atoms with van der Waals surface area (Å²) in [5.41, 5.74) is 2.41. The Balaban J connectivity index is 1.60. The van der Waals surface area contributed by atoms with Crippen LogP contribution in [-0.2, 0) is 6.61 Å². The van der Waals surface area contributed by atoms with Gasteiger partial charge >= 0.3 is 5.63 Å². The average Bonchev–Trinajstić information content (AvgIpc) is 3.16. The lowest BCUT2D eigenvalue weighted by atomic mass is 10.1. The average molecular weight is 369 g/mol. The lowest BCUT2D eigenvalue weighted by Gasteiger charge is -2.09. The van der Waals surface area contributed by atoms with E-state index in [0.29, 0.717) is 27.8 Å². The van der Waals surface area contributed by atoms with Crippen LogP contribution in [0.5, 0.6) is 5.75 Å². The first kappa shape index (κ1) is 16.4. The van der Waals surface area contributed by atoms with Crippen LogP contribution in [0.1, 0.15) is 11.1 Å². The van der Waals surface area contributed by atoms with Gasteiger partial charge in [-0.05, 0) is 48.9 Å². The van der Waals surface area contributed by atoms with Crippen LogP contribution in [0.15, 0.2) is 62.5 Å². The number of nitrogens with zero attached hydrogens (tertiary/aromatic N) is 2. The first-order valence-electron chi connectivity index (χ1n) is 7.82. The molecule has 7 heteroatoms. The van der Waals surface area contributed by atoms with Crippen LogP contribution in [-0.4, -0.2) is 10.2 Å². The van der Waals surface area contributed by atoms with Gasteiger partial charge in [-0.1, -0.05) is 11.6 Å². The summed E-state index contributed by atoms with van der Waals surface area (Å²) in [6, 6.07) is 12.2. The highest BCUT2D eigenvalue weighted by molar-refractivity contribution is 6.32. The van der Waals surface area contributed by atoms with Gasteiger partial charge in [0.05, 0.1) is 0 Å². The smallest absolute Gasteiger partial charge is 0.336 e. The van der Waals surface area contributed by atoms with Gasteiger partial charge in [0.2, 0.25) is 12.3 Å². The fourth-order valence-corrected chi connectivity index (χ4v) is 2.79. The molecule has 0 spiro atoms. The summed E-state index contributed by atoms with van der Waals surface area (Å²) in [4.78, 5) is 11.8. The van der Waals surface area contributed by atoms with Gasteiger partial charge in [-0.25, -0.2) is 4.79 Å². The lowest BCUT2D eigenvalue weighted by molar-refractivity contribution is 0.306. The van der Waals surface area contributed by atoms with E-state index in [1.54, 1.807) is 24.3 Å². The summed E-state index contributed by atoms with van der Waals surface area (Å²) in [5, 5.41) is 8.86. The molecule has 130 valence electrons. The summed E-state index contributed by atoms with van der Waals surface area (Å²) >= 11 is 6.20. The number of aromatic nitrogens is 2. The van der Waals surface area contributed by atoms with Crippen LogP contribution in [0, 0.1) is 6.92 Å². The Bertz CT molecular complexity index is 1120. The predicted octanol–water partition coefficient (Wildman–Crippen LogP) is 4.38. The quantitative estimate of drug-likeness (QED) is 0.497. The largest absolute Gasteiger partial charge is 0.489 e. The van der Waals surface area contributed by atoms with Gasteiger partial charge in [0, 0.05) is 27.6 Å². The number of hydrogen-bond donors (Lipinski definition) is 0. The molecule has 0 aliphatic rings. The second-order valence-electron chi connectivity index (χ2n) is 5.75. The standard InChI is InChI=1S/C19H13ClN2O4/c1-11-6-17-15(8-16(11)20)13(7-18(23)26-17)9-24-14-4-2-12(3-5-14)19-22-21-10-25-19/h2-8,10H,9H2,1H3. The highest BCUT2D eigenvalue weighted by Gasteiger charge is 2.10. The number of rotatable bonds is 4. The molecular formula is C19H13ClN2O4. The topological polar surface area (TPSA) is 78.4 Å². The van der Waals surface area contributed by atoms with E-state index in [9.17, 15) is 4.79 Å². The van der Waals surface area contributed by atoms with Gasteiger partial charge in [-0.15, -0.1) is 10.2 Å². The number of benzene rings is 2. The molecule has 4 aromatic rings. The third-order valence-electron chi connectivity index (χ3n) is 3.97. The van der Waals surface area contributed by atoms with Crippen LogP contribution in [0.25, 0.3) is 22.4 Å². The van der Waals surface area contributed by atoms with Gasteiger partial charge in [0.25, 0.3) is 0 Å². The summed E-state index contributed by atoms with van der Waals surface area (Å²) in [5.74, 6) is 1.08. The molecule has 6 nitrogen and oxygen atoms in total. The van der Waals surface area contributed by atoms with E-state index in [1.807, 2.05) is 19.1 Å². The normalized spacial score (nSPS) is 11.0. The van der Waals surface area contributed by atoms with E-state index < -0.39 is 5.63 Å². The first-order chi connectivity index (χ1) is 12.6. The third-order valence-corrected chi connectivity index (χ3v) is 4.37. The van der Waals surface area contributed by atoms with Crippen molar-refractivity contribution in [2.75, 3.05) is 0 Å². The van der Waals surface area contributed by atoms with Crippen molar-refractivity contribution in [2.45, 2.75) is 13.5 Å². The maximum atomic E-state index is 11.8. The fraction of sp³-hybridized carbons (Fsp3) is 0.105. The van der Waals surface area contributed by atoms with Crippen molar-refractivity contribution in [2.24, 2.45) is 0 Å². The van der Waals surface area contributed by atoms with Crippen LogP contribution >= 0.6 is 11.6 Å².